The molecule has 4 nitrogen and oxygen atoms in total. The molecule has 2 N–H and O–H groups in total. The molecule has 0 spiro atoms. The minimum absolute atomic E-state index is 0.0150. The van der Waals surface area contributed by atoms with E-state index in [9.17, 15) is 10.1 Å². The molecule has 1 aliphatic rings. The first-order valence-corrected chi connectivity index (χ1v) is 10.3. The van der Waals surface area contributed by atoms with E-state index in [1.807, 2.05) is 45.9 Å². The smallest absolute Gasteiger partial charge is 0.267 e. The molecule has 4 heteroatoms. The molecule has 1 aliphatic carbocycles. The number of hydrogen-bond acceptors (Lipinski definition) is 3. The van der Waals surface area contributed by atoms with Crippen molar-refractivity contribution in [1.29, 1.82) is 5.26 Å². The maximum Gasteiger partial charge on any atom is 0.267 e. The van der Waals surface area contributed by atoms with Gasteiger partial charge in [-0.25, -0.2) is 0 Å². The van der Waals surface area contributed by atoms with Gasteiger partial charge in [0, 0.05) is 17.9 Å². The van der Waals surface area contributed by atoms with Crippen LogP contribution < -0.4 is 10.6 Å². The molecule has 0 aromatic heterocycles. The molecular weight excluding hydrogens is 358 g/mol. The lowest BCUT2D eigenvalue weighted by atomic mass is 9.89. The zero-order valence-electron chi connectivity index (χ0n) is 17.7. The third kappa shape index (κ3) is 4.86. The Labute approximate surface area is 173 Å². The van der Waals surface area contributed by atoms with E-state index in [4.69, 9.17) is 0 Å². The van der Waals surface area contributed by atoms with Gasteiger partial charge in [0.2, 0.25) is 0 Å². The van der Waals surface area contributed by atoms with Crippen LogP contribution in [0, 0.1) is 32.1 Å². The molecule has 3 rings (SSSR count). The molecule has 0 radical (unpaired) electrons. The number of aryl methyl sites for hydroxylation is 5. The lowest BCUT2D eigenvalue weighted by Gasteiger charge is -2.19. The van der Waals surface area contributed by atoms with E-state index < -0.39 is 5.91 Å². The van der Waals surface area contributed by atoms with Gasteiger partial charge >= 0.3 is 0 Å². The van der Waals surface area contributed by atoms with Gasteiger partial charge in [-0.2, -0.15) is 5.26 Å². The van der Waals surface area contributed by atoms with Crippen molar-refractivity contribution >= 4 is 11.6 Å². The highest BCUT2D eigenvalue weighted by Gasteiger charge is 2.15. The van der Waals surface area contributed by atoms with Crippen LogP contribution in [-0.4, -0.2) is 5.91 Å². The average Bonchev–Trinajstić information content (AvgIpc) is 2.70. The zero-order valence-corrected chi connectivity index (χ0v) is 17.7. The SMILES string of the molecule is Cc1cc(C)c(NC(=O)/C(C#N)=C\NC(C)c2ccc3c(c2)CCCC3)c(C)c1. The Kier molecular flexibility index (Phi) is 6.39. The van der Waals surface area contributed by atoms with Gasteiger partial charge in [0.25, 0.3) is 5.91 Å². The molecule has 2 aromatic carbocycles. The van der Waals surface area contributed by atoms with Crippen molar-refractivity contribution < 1.29 is 4.79 Å². The summed E-state index contributed by atoms with van der Waals surface area (Å²) < 4.78 is 0. The molecule has 29 heavy (non-hydrogen) atoms. The van der Waals surface area contributed by atoms with Gasteiger partial charge in [-0.3, -0.25) is 4.79 Å². The van der Waals surface area contributed by atoms with E-state index in [1.165, 1.54) is 35.7 Å². The van der Waals surface area contributed by atoms with Crippen LogP contribution in [0.2, 0.25) is 0 Å². The van der Waals surface area contributed by atoms with Crippen molar-refractivity contribution in [1.82, 2.24) is 5.32 Å². The molecule has 1 amide bonds. The van der Waals surface area contributed by atoms with Crippen molar-refractivity contribution in [3.05, 3.63) is 75.5 Å². The van der Waals surface area contributed by atoms with Crippen LogP contribution in [0.3, 0.4) is 0 Å². The van der Waals surface area contributed by atoms with Crippen LogP contribution in [0.1, 0.15) is 59.2 Å². The van der Waals surface area contributed by atoms with E-state index >= 15 is 0 Å². The predicted molar refractivity (Wildman–Crippen MR) is 118 cm³/mol. The van der Waals surface area contributed by atoms with Crippen LogP contribution in [0.5, 0.6) is 0 Å². The number of fused-ring (bicyclic) bond motifs is 1. The first kappa shape index (κ1) is 20.7. The lowest BCUT2D eigenvalue weighted by Crippen LogP contribution is -2.19. The first-order valence-electron chi connectivity index (χ1n) is 10.3. The maximum atomic E-state index is 12.6. The summed E-state index contributed by atoms with van der Waals surface area (Å²) in [6, 6.07) is 12.7. The molecule has 1 atom stereocenters. The summed E-state index contributed by atoms with van der Waals surface area (Å²) in [5, 5.41) is 15.6. The molecule has 2 aromatic rings. The summed E-state index contributed by atoms with van der Waals surface area (Å²) in [7, 11) is 0. The Balaban J connectivity index is 1.71. The average molecular weight is 388 g/mol. The van der Waals surface area contributed by atoms with Crippen LogP contribution in [0.15, 0.2) is 42.1 Å². The topological polar surface area (TPSA) is 64.9 Å². The van der Waals surface area contributed by atoms with Gasteiger partial charge in [0.1, 0.15) is 11.6 Å². The minimum atomic E-state index is -0.396. The van der Waals surface area contributed by atoms with E-state index in [0.29, 0.717) is 0 Å². The van der Waals surface area contributed by atoms with Crippen LogP contribution in [-0.2, 0) is 17.6 Å². The van der Waals surface area contributed by atoms with Crippen LogP contribution in [0.25, 0.3) is 0 Å². The summed E-state index contributed by atoms with van der Waals surface area (Å²) in [6.07, 6.45) is 6.33. The van der Waals surface area contributed by atoms with Gasteiger partial charge in [-0.1, -0.05) is 35.9 Å². The number of amides is 1. The number of hydrogen-bond donors (Lipinski definition) is 2. The molecule has 0 saturated heterocycles. The van der Waals surface area contributed by atoms with E-state index in [1.54, 1.807) is 0 Å². The lowest BCUT2D eigenvalue weighted by molar-refractivity contribution is -0.112. The Bertz CT molecular complexity index is 975. The number of rotatable bonds is 5. The third-order valence-corrected chi connectivity index (χ3v) is 5.63. The van der Waals surface area contributed by atoms with Crippen molar-refractivity contribution in [2.75, 3.05) is 5.32 Å². The molecule has 1 unspecified atom stereocenters. The minimum Gasteiger partial charge on any atom is -0.383 e. The summed E-state index contributed by atoms with van der Waals surface area (Å²) in [5.74, 6) is -0.396. The number of nitrogens with zero attached hydrogens (tertiary/aromatic N) is 1. The van der Waals surface area contributed by atoms with E-state index in [0.717, 1.165) is 35.2 Å². The van der Waals surface area contributed by atoms with E-state index in [-0.39, 0.29) is 11.6 Å². The molecule has 0 heterocycles. The summed E-state index contributed by atoms with van der Waals surface area (Å²) in [4.78, 5) is 12.6. The fourth-order valence-corrected chi connectivity index (χ4v) is 4.03. The van der Waals surface area contributed by atoms with Gasteiger partial charge in [0.05, 0.1) is 0 Å². The maximum absolute atomic E-state index is 12.6. The zero-order chi connectivity index (χ0) is 21.0. The second-order valence-corrected chi connectivity index (χ2v) is 8.02. The number of nitrogens with one attached hydrogen (secondary N) is 2. The van der Waals surface area contributed by atoms with Crippen molar-refractivity contribution in [3.8, 4) is 6.07 Å². The third-order valence-electron chi connectivity index (χ3n) is 5.63. The number of carbonyl (C=O) groups excluding carboxylic acids is 1. The highest BCUT2D eigenvalue weighted by molar-refractivity contribution is 6.07. The highest BCUT2D eigenvalue weighted by Crippen LogP contribution is 2.25. The Hall–Kier alpha value is -3.06. The van der Waals surface area contributed by atoms with Crippen molar-refractivity contribution in [2.24, 2.45) is 0 Å². The molecular formula is C25H29N3O. The van der Waals surface area contributed by atoms with E-state index in [2.05, 4.69) is 28.8 Å². The normalized spacial score (nSPS) is 14.5. The summed E-state index contributed by atoms with van der Waals surface area (Å²) >= 11 is 0. The second-order valence-electron chi connectivity index (χ2n) is 8.02. The van der Waals surface area contributed by atoms with Crippen LogP contribution in [0.4, 0.5) is 5.69 Å². The number of carbonyl (C=O) groups is 1. The molecule has 0 saturated carbocycles. The summed E-state index contributed by atoms with van der Waals surface area (Å²) in [5.41, 5.74) is 8.00. The van der Waals surface area contributed by atoms with Gasteiger partial charge in [0.15, 0.2) is 0 Å². The van der Waals surface area contributed by atoms with Crippen molar-refractivity contribution in [2.45, 2.75) is 59.4 Å². The Morgan fingerprint density at radius 1 is 1.07 bits per heavy atom. The monoisotopic (exact) mass is 387 g/mol. The largest absolute Gasteiger partial charge is 0.383 e. The number of benzene rings is 2. The van der Waals surface area contributed by atoms with Crippen LogP contribution >= 0.6 is 0 Å². The molecule has 0 aliphatic heterocycles. The fourth-order valence-electron chi connectivity index (χ4n) is 4.03. The fraction of sp³-hybridized carbons (Fsp3) is 0.360. The predicted octanol–water partition coefficient (Wildman–Crippen LogP) is 5.19. The highest BCUT2D eigenvalue weighted by atomic mass is 16.1. The number of nitriles is 1. The Morgan fingerprint density at radius 2 is 1.72 bits per heavy atom. The number of anilines is 1. The quantitative estimate of drug-likeness (QED) is 0.548. The van der Waals surface area contributed by atoms with Crippen molar-refractivity contribution in [3.63, 3.8) is 0 Å². The molecule has 0 bridgehead atoms. The molecule has 150 valence electrons. The molecule has 0 fully saturated rings. The van der Waals surface area contributed by atoms with Gasteiger partial charge in [-0.15, -0.1) is 0 Å². The second kappa shape index (κ2) is 8.96. The van der Waals surface area contributed by atoms with Gasteiger partial charge < -0.3 is 10.6 Å². The van der Waals surface area contributed by atoms with Gasteiger partial charge in [-0.05, 0) is 81.2 Å². The summed E-state index contributed by atoms with van der Waals surface area (Å²) in [6.45, 7) is 7.99. The Morgan fingerprint density at radius 3 is 2.38 bits per heavy atom. The first-order chi connectivity index (χ1) is 13.9. The standard InChI is InChI=1S/C25H29N3O/c1-16-11-17(2)24(18(3)12-16)28-25(29)23(14-26)15-27-19(4)21-10-9-20-7-5-6-8-22(20)13-21/h9-13,15,19,27H,5-8H2,1-4H3,(H,28,29)/b23-15-.